The highest BCUT2D eigenvalue weighted by Crippen LogP contribution is 2.36. The summed E-state index contributed by atoms with van der Waals surface area (Å²) in [6.45, 7) is 6.13. The van der Waals surface area contributed by atoms with E-state index < -0.39 is 0 Å². The normalized spacial score (nSPS) is 19.4. The Morgan fingerprint density at radius 3 is 2.75 bits per heavy atom. The fourth-order valence-corrected chi connectivity index (χ4v) is 3.67. The number of benzene rings is 1. The van der Waals surface area contributed by atoms with Crippen LogP contribution in [0.25, 0.3) is 0 Å². The Kier molecular flexibility index (Phi) is 3.83. The minimum absolute atomic E-state index is 0.204. The van der Waals surface area contributed by atoms with Gasteiger partial charge in [-0.05, 0) is 43.5 Å². The Labute approximate surface area is 143 Å². The maximum Gasteiger partial charge on any atom is 0.242 e. The van der Waals surface area contributed by atoms with E-state index in [-0.39, 0.29) is 5.91 Å². The number of carbonyl (C=O) groups excluding carboxylic acids is 1. The predicted molar refractivity (Wildman–Crippen MR) is 94.1 cm³/mol. The molecule has 4 rings (SSSR count). The predicted octanol–water partition coefficient (Wildman–Crippen LogP) is 3.70. The van der Waals surface area contributed by atoms with Gasteiger partial charge in [0.25, 0.3) is 0 Å². The summed E-state index contributed by atoms with van der Waals surface area (Å²) >= 11 is 0. The Bertz CT molecular complexity index is 748. The van der Waals surface area contributed by atoms with Crippen LogP contribution in [-0.4, -0.2) is 29.9 Å². The zero-order valence-electron chi connectivity index (χ0n) is 14.4. The number of nitrogens with zero attached hydrogens (tertiary/aromatic N) is 2. The van der Waals surface area contributed by atoms with E-state index in [2.05, 4.69) is 36.1 Å². The van der Waals surface area contributed by atoms with Crippen molar-refractivity contribution in [2.45, 2.75) is 45.2 Å². The number of furan rings is 1. The summed E-state index contributed by atoms with van der Waals surface area (Å²) in [5.74, 6) is 2.46. The largest absolute Gasteiger partial charge is 0.464 e. The van der Waals surface area contributed by atoms with Gasteiger partial charge in [-0.3, -0.25) is 4.79 Å². The highest BCUT2D eigenvalue weighted by atomic mass is 16.3. The summed E-state index contributed by atoms with van der Waals surface area (Å²) < 4.78 is 5.68. The molecule has 1 atom stereocenters. The van der Waals surface area contributed by atoms with Gasteiger partial charge < -0.3 is 14.2 Å². The van der Waals surface area contributed by atoms with Crippen molar-refractivity contribution in [3.05, 3.63) is 53.5 Å². The third kappa shape index (κ3) is 2.93. The van der Waals surface area contributed by atoms with Crippen molar-refractivity contribution in [2.24, 2.45) is 0 Å². The van der Waals surface area contributed by atoms with E-state index >= 15 is 0 Å². The minimum Gasteiger partial charge on any atom is -0.464 e. The molecule has 0 N–H and O–H groups in total. The number of anilines is 1. The van der Waals surface area contributed by atoms with E-state index in [0.29, 0.717) is 25.0 Å². The van der Waals surface area contributed by atoms with E-state index in [1.54, 1.807) is 0 Å². The number of hydrogen-bond donors (Lipinski definition) is 0. The van der Waals surface area contributed by atoms with Crippen molar-refractivity contribution in [3.8, 4) is 0 Å². The van der Waals surface area contributed by atoms with E-state index in [1.807, 2.05) is 24.0 Å². The van der Waals surface area contributed by atoms with Gasteiger partial charge in [-0.2, -0.15) is 0 Å². The average Bonchev–Trinajstić information content (AvgIpc) is 3.26. The molecule has 1 aromatic carbocycles. The molecule has 0 bridgehead atoms. The molecule has 0 saturated heterocycles. The second-order valence-corrected chi connectivity index (χ2v) is 7.11. The Balaban J connectivity index is 1.48. The van der Waals surface area contributed by atoms with Crippen LogP contribution < -0.4 is 4.90 Å². The van der Waals surface area contributed by atoms with Gasteiger partial charge in [0.15, 0.2) is 0 Å². The van der Waals surface area contributed by atoms with Crippen LogP contribution in [-0.2, 0) is 11.3 Å². The fraction of sp³-hybridized carbons (Fsp3) is 0.450. The molecule has 1 fully saturated rings. The van der Waals surface area contributed by atoms with Gasteiger partial charge in [0.05, 0.1) is 13.1 Å². The van der Waals surface area contributed by atoms with Crippen LogP contribution in [0.2, 0.25) is 0 Å². The first kappa shape index (κ1) is 15.3. The van der Waals surface area contributed by atoms with Crippen LogP contribution in [0.4, 0.5) is 5.69 Å². The topological polar surface area (TPSA) is 36.7 Å². The smallest absolute Gasteiger partial charge is 0.242 e. The maximum absolute atomic E-state index is 13.0. The van der Waals surface area contributed by atoms with Crippen molar-refractivity contribution in [2.75, 3.05) is 18.0 Å². The summed E-state index contributed by atoms with van der Waals surface area (Å²) in [4.78, 5) is 17.2. The Morgan fingerprint density at radius 2 is 2.04 bits per heavy atom. The fourth-order valence-electron chi connectivity index (χ4n) is 3.67. The number of amides is 1. The molecule has 126 valence electrons. The second kappa shape index (κ2) is 6.00. The van der Waals surface area contributed by atoms with E-state index in [0.717, 1.165) is 30.9 Å². The summed E-state index contributed by atoms with van der Waals surface area (Å²) in [5, 5.41) is 0. The Hall–Kier alpha value is -2.23. The number of para-hydroxylation sites is 1. The van der Waals surface area contributed by atoms with Crippen molar-refractivity contribution in [1.29, 1.82) is 0 Å². The molecular weight excluding hydrogens is 300 g/mol. The maximum atomic E-state index is 13.0. The van der Waals surface area contributed by atoms with Crippen molar-refractivity contribution >= 4 is 11.6 Å². The van der Waals surface area contributed by atoms with Crippen molar-refractivity contribution in [1.82, 2.24) is 4.90 Å². The zero-order chi connectivity index (χ0) is 16.7. The molecule has 1 aliphatic heterocycles. The van der Waals surface area contributed by atoms with Gasteiger partial charge in [0.2, 0.25) is 5.91 Å². The van der Waals surface area contributed by atoms with Crippen LogP contribution in [0, 0.1) is 6.92 Å². The lowest BCUT2D eigenvalue weighted by molar-refractivity contribution is -0.131. The van der Waals surface area contributed by atoms with Gasteiger partial charge >= 0.3 is 0 Å². The van der Waals surface area contributed by atoms with Gasteiger partial charge in [-0.1, -0.05) is 25.1 Å². The Morgan fingerprint density at radius 1 is 1.25 bits per heavy atom. The van der Waals surface area contributed by atoms with E-state index in [1.165, 1.54) is 11.3 Å². The van der Waals surface area contributed by atoms with E-state index in [9.17, 15) is 4.79 Å². The van der Waals surface area contributed by atoms with Crippen LogP contribution in [0.3, 0.4) is 0 Å². The number of rotatable bonds is 5. The molecule has 4 heteroatoms. The summed E-state index contributed by atoms with van der Waals surface area (Å²) in [6.07, 6.45) is 2.22. The lowest BCUT2D eigenvalue weighted by Crippen LogP contribution is -2.40. The van der Waals surface area contributed by atoms with Crippen molar-refractivity contribution in [3.63, 3.8) is 0 Å². The summed E-state index contributed by atoms with van der Waals surface area (Å²) in [6, 6.07) is 12.8. The minimum atomic E-state index is 0.204. The molecule has 2 heterocycles. The highest BCUT2D eigenvalue weighted by Gasteiger charge is 2.35. The molecule has 1 amide bonds. The lowest BCUT2D eigenvalue weighted by Gasteiger charge is -2.26. The van der Waals surface area contributed by atoms with Gasteiger partial charge in [-0.15, -0.1) is 0 Å². The number of carbonyl (C=O) groups is 1. The first-order chi connectivity index (χ1) is 11.6. The van der Waals surface area contributed by atoms with Crippen LogP contribution in [0.15, 0.2) is 40.8 Å². The molecular formula is C20H24N2O2. The van der Waals surface area contributed by atoms with Crippen LogP contribution >= 0.6 is 0 Å². The zero-order valence-corrected chi connectivity index (χ0v) is 14.4. The average molecular weight is 324 g/mol. The molecule has 4 nitrogen and oxygen atoms in total. The molecule has 0 radical (unpaired) electrons. The van der Waals surface area contributed by atoms with E-state index in [4.69, 9.17) is 4.42 Å². The molecule has 1 unspecified atom stereocenters. The van der Waals surface area contributed by atoms with Gasteiger partial charge in [-0.25, -0.2) is 0 Å². The molecule has 2 aliphatic rings. The van der Waals surface area contributed by atoms with Crippen LogP contribution in [0.1, 0.15) is 42.8 Å². The SMILES string of the molecule is Cc1ccc(CN(C(=O)CN2CC(C)c3ccccc32)C2CC2)o1. The molecule has 1 aromatic heterocycles. The molecule has 1 aliphatic carbocycles. The van der Waals surface area contributed by atoms with Gasteiger partial charge in [0, 0.05) is 24.2 Å². The summed E-state index contributed by atoms with van der Waals surface area (Å²) in [7, 11) is 0. The number of aryl methyl sites for hydroxylation is 1. The monoisotopic (exact) mass is 324 g/mol. The molecule has 1 saturated carbocycles. The third-order valence-electron chi connectivity index (χ3n) is 5.06. The molecule has 0 spiro atoms. The lowest BCUT2D eigenvalue weighted by atomic mass is 10.0. The van der Waals surface area contributed by atoms with Crippen molar-refractivity contribution < 1.29 is 9.21 Å². The van der Waals surface area contributed by atoms with Crippen LogP contribution in [0.5, 0.6) is 0 Å². The highest BCUT2D eigenvalue weighted by molar-refractivity contribution is 5.83. The quantitative estimate of drug-likeness (QED) is 0.841. The third-order valence-corrected chi connectivity index (χ3v) is 5.06. The molecule has 24 heavy (non-hydrogen) atoms. The summed E-state index contributed by atoms with van der Waals surface area (Å²) in [5.41, 5.74) is 2.56. The molecule has 2 aromatic rings. The first-order valence-corrected chi connectivity index (χ1v) is 8.80. The van der Waals surface area contributed by atoms with Gasteiger partial charge in [0.1, 0.15) is 11.5 Å². The number of fused-ring (bicyclic) bond motifs is 1. The number of hydrogen-bond acceptors (Lipinski definition) is 3. The second-order valence-electron chi connectivity index (χ2n) is 7.11. The first-order valence-electron chi connectivity index (χ1n) is 8.80. The standard InChI is InChI=1S/C20H24N2O2/c1-14-11-21(19-6-4-3-5-18(14)19)13-20(23)22(16-8-9-16)12-17-10-7-15(2)24-17/h3-7,10,14,16H,8-9,11-13H2,1-2H3.